The highest BCUT2D eigenvalue weighted by atomic mass is 32.2. The van der Waals surface area contributed by atoms with E-state index in [-0.39, 0.29) is 17.7 Å². The van der Waals surface area contributed by atoms with Crippen molar-refractivity contribution >= 4 is 10.0 Å². The number of pyridine rings is 1. The Bertz CT molecular complexity index is 1140. The molecule has 0 spiro atoms. The van der Waals surface area contributed by atoms with E-state index in [2.05, 4.69) is 4.98 Å². The maximum absolute atomic E-state index is 12.6. The van der Waals surface area contributed by atoms with Crippen molar-refractivity contribution < 1.29 is 27.4 Å². The average molecular weight is 459 g/mol. The Balaban J connectivity index is 2.07. The number of ether oxygens (including phenoxy) is 4. The summed E-state index contributed by atoms with van der Waals surface area (Å²) in [5.41, 5.74) is 2.40. The number of primary sulfonamides is 1. The summed E-state index contributed by atoms with van der Waals surface area (Å²) in [7, 11) is 2.15. The van der Waals surface area contributed by atoms with Crippen LogP contribution in [0.15, 0.2) is 53.6 Å². The number of hydrogen-bond donors (Lipinski definition) is 1. The lowest BCUT2D eigenvalue weighted by Crippen LogP contribution is -2.18. The van der Waals surface area contributed by atoms with Gasteiger partial charge in [0.05, 0.1) is 34.1 Å². The van der Waals surface area contributed by atoms with Gasteiger partial charge in [0.25, 0.3) is 0 Å². The Hall–Kier alpha value is -3.30. The average Bonchev–Trinajstić information content (AvgIpc) is 2.78. The Morgan fingerprint density at radius 1 is 0.750 bits per heavy atom. The van der Waals surface area contributed by atoms with Gasteiger partial charge in [-0.1, -0.05) is 12.1 Å². The highest BCUT2D eigenvalue weighted by Crippen LogP contribution is 2.31. The summed E-state index contributed by atoms with van der Waals surface area (Å²) in [6.45, 7) is 0. The van der Waals surface area contributed by atoms with Crippen LogP contribution in [0.25, 0.3) is 0 Å². The molecule has 0 saturated heterocycles. The smallest absolute Gasteiger partial charge is 0.240 e. The van der Waals surface area contributed by atoms with Crippen molar-refractivity contribution in [3.63, 3.8) is 0 Å². The van der Waals surface area contributed by atoms with Crippen LogP contribution in [-0.4, -0.2) is 41.8 Å². The summed E-state index contributed by atoms with van der Waals surface area (Å²) in [6.07, 6.45) is 2.08. The molecule has 3 aromatic rings. The van der Waals surface area contributed by atoms with Gasteiger partial charge >= 0.3 is 0 Å². The molecule has 0 bridgehead atoms. The topological polar surface area (TPSA) is 110 Å². The normalized spacial score (nSPS) is 11.2. The maximum atomic E-state index is 12.6. The van der Waals surface area contributed by atoms with Crippen molar-refractivity contribution in [3.8, 4) is 23.0 Å². The predicted octanol–water partition coefficient (Wildman–Crippen LogP) is 2.95. The number of nitrogens with zero attached hydrogens (tertiary/aromatic N) is 1. The summed E-state index contributed by atoms with van der Waals surface area (Å²) in [4.78, 5) is 4.33. The molecule has 0 aliphatic carbocycles. The molecular weight excluding hydrogens is 432 g/mol. The van der Waals surface area contributed by atoms with Gasteiger partial charge in [0.1, 0.15) is 27.9 Å². The fraction of sp³-hybridized carbons (Fsp3) is 0.261. The lowest BCUT2D eigenvalue weighted by Gasteiger charge is -2.16. The van der Waals surface area contributed by atoms with Crippen LogP contribution in [0.2, 0.25) is 0 Å². The number of benzene rings is 2. The maximum Gasteiger partial charge on any atom is 0.240 e. The van der Waals surface area contributed by atoms with E-state index >= 15 is 0 Å². The summed E-state index contributed by atoms with van der Waals surface area (Å²) >= 11 is 0. The zero-order chi connectivity index (χ0) is 23.3. The molecule has 1 aromatic heterocycles. The molecule has 0 unspecified atom stereocenters. The van der Waals surface area contributed by atoms with Gasteiger partial charge in [0, 0.05) is 36.7 Å². The Labute approximate surface area is 188 Å². The van der Waals surface area contributed by atoms with Gasteiger partial charge < -0.3 is 18.9 Å². The first-order chi connectivity index (χ1) is 15.3. The third kappa shape index (κ3) is 5.12. The van der Waals surface area contributed by atoms with Crippen LogP contribution in [0, 0.1) is 0 Å². The number of rotatable bonds is 9. The summed E-state index contributed by atoms with van der Waals surface area (Å²) in [5.74, 6) is 2.42. The van der Waals surface area contributed by atoms with Gasteiger partial charge in [-0.3, -0.25) is 4.98 Å². The molecule has 3 rings (SSSR count). The van der Waals surface area contributed by atoms with Crippen molar-refractivity contribution in [1.82, 2.24) is 4.98 Å². The molecular formula is C23H26N2O6S. The minimum absolute atomic E-state index is 0.00394. The highest BCUT2D eigenvalue weighted by molar-refractivity contribution is 7.89. The zero-order valence-electron chi connectivity index (χ0n) is 18.4. The van der Waals surface area contributed by atoms with E-state index < -0.39 is 10.0 Å². The van der Waals surface area contributed by atoms with Gasteiger partial charge in [0.2, 0.25) is 10.0 Å². The molecule has 1 heterocycles. The third-order valence-electron chi connectivity index (χ3n) is 5.07. The van der Waals surface area contributed by atoms with Crippen LogP contribution in [0.3, 0.4) is 0 Å². The molecule has 0 saturated carbocycles. The van der Waals surface area contributed by atoms with Crippen molar-refractivity contribution in [3.05, 3.63) is 71.0 Å². The number of nitrogens with two attached hydrogens (primary N) is 1. The van der Waals surface area contributed by atoms with Gasteiger partial charge in [0.15, 0.2) is 0 Å². The molecule has 2 aromatic carbocycles. The van der Waals surface area contributed by atoms with Crippen LogP contribution in [0.1, 0.15) is 22.4 Å². The second-order valence-corrected chi connectivity index (χ2v) is 8.50. The number of aromatic nitrogens is 1. The van der Waals surface area contributed by atoms with Crippen LogP contribution in [0.4, 0.5) is 0 Å². The van der Waals surface area contributed by atoms with Crippen LogP contribution >= 0.6 is 0 Å². The van der Waals surface area contributed by atoms with Gasteiger partial charge in [-0.2, -0.15) is 0 Å². The first-order valence-corrected chi connectivity index (χ1v) is 11.3. The molecule has 0 radical (unpaired) electrons. The zero-order valence-corrected chi connectivity index (χ0v) is 19.2. The lowest BCUT2D eigenvalue weighted by atomic mass is 10.0. The van der Waals surface area contributed by atoms with Crippen molar-refractivity contribution in [2.75, 3.05) is 28.4 Å². The van der Waals surface area contributed by atoms with E-state index in [1.807, 2.05) is 12.1 Å². The molecule has 0 atom stereocenters. The molecule has 0 aliphatic heterocycles. The van der Waals surface area contributed by atoms with E-state index in [9.17, 15) is 8.42 Å². The lowest BCUT2D eigenvalue weighted by molar-refractivity contribution is 0.391. The minimum atomic E-state index is -4.06. The van der Waals surface area contributed by atoms with E-state index in [1.165, 1.54) is 0 Å². The fourth-order valence-electron chi connectivity index (χ4n) is 3.53. The highest BCUT2D eigenvalue weighted by Gasteiger charge is 2.22. The summed E-state index contributed by atoms with van der Waals surface area (Å²) in [6, 6.07) is 12.3. The monoisotopic (exact) mass is 458 g/mol. The Morgan fingerprint density at radius 2 is 1.28 bits per heavy atom. The second kappa shape index (κ2) is 9.88. The van der Waals surface area contributed by atoms with Crippen molar-refractivity contribution in [2.45, 2.75) is 17.7 Å². The third-order valence-corrected chi connectivity index (χ3v) is 6.14. The minimum Gasteiger partial charge on any atom is -0.497 e. The molecule has 9 heteroatoms. The number of hydrogen-bond acceptors (Lipinski definition) is 7. The molecule has 8 nitrogen and oxygen atoms in total. The first kappa shape index (κ1) is 23.4. The van der Waals surface area contributed by atoms with Crippen LogP contribution < -0.4 is 24.1 Å². The van der Waals surface area contributed by atoms with E-state index in [1.54, 1.807) is 65.0 Å². The standard InChI is InChI=1S/C23H26N2O6S/c1-28-18-7-5-15(21(13-18)30-3)11-17-9-10-25-20(23(17)32(24,26)27)12-16-6-8-19(29-2)14-22(16)31-4/h5-10,13-14H,11-12H2,1-4H3,(H2,24,26,27). The largest absolute Gasteiger partial charge is 0.497 e. The van der Waals surface area contributed by atoms with E-state index in [0.717, 1.165) is 11.1 Å². The molecule has 0 fully saturated rings. The molecule has 0 amide bonds. The SMILES string of the molecule is COc1ccc(Cc2ccnc(Cc3ccc(OC)cc3OC)c2S(N)(=O)=O)c(OC)c1. The van der Waals surface area contributed by atoms with E-state index in [0.29, 0.717) is 34.3 Å². The molecule has 2 N–H and O–H groups in total. The molecule has 32 heavy (non-hydrogen) atoms. The summed E-state index contributed by atoms with van der Waals surface area (Å²) in [5, 5.41) is 5.63. The predicted molar refractivity (Wildman–Crippen MR) is 120 cm³/mol. The first-order valence-electron chi connectivity index (χ1n) is 9.72. The fourth-order valence-corrected chi connectivity index (χ4v) is 4.49. The van der Waals surface area contributed by atoms with Crippen molar-refractivity contribution in [2.24, 2.45) is 5.14 Å². The van der Waals surface area contributed by atoms with Gasteiger partial charge in [-0.05, 0) is 29.3 Å². The van der Waals surface area contributed by atoms with E-state index in [4.69, 9.17) is 24.1 Å². The number of sulfonamides is 1. The van der Waals surface area contributed by atoms with Gasteiger partial charge in [-0.25, -0.2) is 13.6 Å². The Kier molecular flexibility index (Phi) is 7.22. The quantitative estimate of drug-likeness (QED) is 0.525. The van der Waals surface area contributed by atoms with Crippen molar-refractivity contribution in [1.29, 1.82) is 0 Å². The molecule has 0 aliphatic rings. The van der Waals surface area contributed by atoms with Crippen LogP contribution in [-0.2, 0) is 22.9 Å². The summed E-state index contributed by atoms with van der Waals surface area (Å²) < 4.78 is 46.6. The van der Waals surface area contributed by atoms with Gasteiger partial charge in [-0.15, -0.1) is 0 Å². The molecule has 170 valence electrons. The number of methoxy groups -OCH3 is 4. The van der Waals surface area contributed by atoms with Crippen LogP contribution in [0.5, 0.6) is 23.0 Å². The Morgan fingerprint density at radius 3 is 1.75 bits per heavy atom. The second-order valence-electron chi connectivity index (χ2n) is 7.00.